The van der Waals surface area contributed by atoms with E-state index in [0.717, 1.165) is 17.8 Å². The lowest BCUT2D eigenvalue weighted by Gasteiger charge is -2.23. The molecule has 0 heterocycles. The predicted molar refractivity (Wildman–Crippen MR) is 59.1 cm³/mol. The van der Waals surface area contributed by atoms with Crippen LogP contribution in [0, 0.1) is 17.8 Å². The molecule has 1 N–H and O–H groups in total. The summed E-state index contributed by atoms with van der Waals surface area (Å²) in [6.07, 6.45) is 13.4. The zero-order chi connectivity index (χ0) is 9.38. The molecule has 0 aromatic heterocycles. The van der Waals surface area contributed by atoms with Gasteiger partial charge in [-0.2, -0.15) is 0 Å². The molecule has 0 aromatic rings. The number of nitrogens with one attached hydrogen (secondary N) is 1. The Balaban J connectivity index is 1.41. The minimum absolute atomic E-state index is 0.701. The molecule has 0 aliphatic heterocycles. The second-order valence-corrected chi connectivity index (χ2v) is 5.46. The number of hydrogen-bond donors (Lipinski definition) is 1. The van der Waals surface area contributed by atoms with Gasteiger partial charge in [0, 0.05) is 6.04 Å². The van der Waals surface area contributed by atoms with Crippen LogP contribution in [0.3, 0.4) is 0 Å². The minimum atomic E-state index is 0.701. The van der Waals surface area contributed by atoms with Crippen LogP contribution < -0.4 is 5.32 Å². The lowest BCUT2D eigenvalue weighted by Crippen LogP contribution is -2.31. The fourth-order valence-electron chi connectivity index (χ4n) is 3.25. The van der Waals surface area contributed by atoms with Crippen LogP contribution in [-0.2, 0) is 0 Å². The first-order valence-corrected chi connectivity index (χ1v) is 6.32. The van der Waals surface area contributed by atoms with Crippen LogP contribution >= 0.6 is 0 Å². The largest absolute Gasteiger partial charge is 0.310 e. The molecule has 0 spiro atoms. The van der Waals surface area contributed by atoms with Crippen molar-refractivity contribution in [1.29, 1.82) is 0 Å². The normalized spacial score (nSPS) is 45.1. The summed E-state index contributed by atoms with van der Waals surface area (Å²) in [5.41, 5.74) is 0. The molecule has 2 fully saturated rings. The third kappa shape index (κ3) is 1.88. The topological polar surface area (TPSA) is 12.0 Å². The molecule has 3 rings (SSSR count). The van der Waals surface area contributed by atoms with Crippen LogP contribution in [0.25, 0.3) is 0 Å². The van der Waals surface area contributed by atoms with Gasteiger partial charge in [-0.05, 0) is 62.8 Å². The van der Waals surface area contributed by atoms with Gasteiger partial charge in [-0.3, -0.25) is 0 Å². The molecule has 0 aromatic carbocycles. The van der Waals surface area contributed by atoms with Crippen molar-refractivity contribution in [3.05, 3.63) is 12.2 Å². The van der Waals surface area contributed by atoms with Crippen LogP contribution in [-0.4, -0.2) is 12.6 Å². The van der Waals surface area contributed by atoms with Gasteiger partial charge >= 0.3 is 0 Å². The van der Waals surface area contributed by atoms with E-state index in [1.165, 1.54) is 38.6 Å². The van der Waals surface area contributed by atoms with E-state index in [2.05, 4.69) is 17.5 Å². The Bertz CT molecular complexity index is 233. The molecule has 1 nitrogen and oxygen atoms in total. The molecule has 4 unspecified atom stereocenters. The fourth-order valence-corrected chi connectivity index (χ4v) is 3.25. The minimum Gasteiger partial charge on any atom is -0.310 e. The van der Waals surface area contributed by atoms with Gasteiger partial charge in [0.25, 0.3) is 0 Å². The molecular weight excluding hydrogens is 170 g/mol. The van der Waals surface area contributed by atoms with Crippen LogP contribution in [0.4, 0.5) is 0 Å². The van der Waals surface area contributed by atoms with Crippen molar-refractivity contribution in [2.24, 2.45) is 17.8 Å². The zero-order valence-corrected chi connectivity index (χ0v) is 8.91. The summed E-state index contributed by atoms with van der Waals surface area (Å²) >= 11 is 0. The highest BCUT2D eigenvalue weighted by molar-refractivity contribution is 5.01. The molecule has 1 heteroatoms. The Labute approximate surface area is 87.0 Å². The van der Waals surface area contributed by atoms with Crippen molar-refractivity contribution < 1.29 is 0 Å². The second kappa shape index (κ2) is 3.69. The van der Waals surface area contributed by atoms with Gasteiger partial charge in [0.1, 0.15) is 0 Å². The number of rotatable bonds is 3. The Morgan fingerprint density at radius 3 is 2.86 bits per heavy atom. The van der Waals surface area contributed by atoms with Gasteiger partial charge in [-0.15, -0.1) is 0 Å². The molecule has 0 amide bonds. The van der Waals surface area contributed by atoms with E-state index in [0.29, 0.717) is 6.04 Å². The molecule has 78 valence electrons. The average molecular weight is 191 g/mol. The van der Waals surface area contributed by atoms with Crippen molar-refractivity contribution in [1.82, 2.24) is 5.32 Å². The molecule has 14 heavy (non-hydrogen) atoms. The summed E-state index contributed by atoms with van der Waals surface area (Å²) in [7, 11) is 0. The molecule has 4 atom stereocenters. The summed E-state index contributed by atoms with van der Waals surface area (Å²) < 4.78 is 0. The van der Waals surface area contributed by atoms with E-state index >= 15 is 0 Å². The molecular formula is C13H21N. The second-order valence-electron chi connectivity index (χ2n) is 5.46. The monoisotopic (exact) mass is 191 g/mol. The first-order chi connectivity index (χ1) is 6.92. The summed E-state index contributed by atoms with van der Waals surface area (Å²) in [6.45, 7) is 1.28. The maximum Gasteiger partial charge on any atom is 0.0253 e. The van der Waals surface area contributed by atoms with Gasteiger partial charge < -0.3 is 5.32 Å². The highest BCUT2D eigenvalue weighted by atomic mass is 14.9. The lowest BCUT2D eigenvalue weighted by atomic mass is 9.89. The van der Waals surface area contributed by atoms with E-state index in [-0.39, 0.29) is 0 Å². The van der Waals surface area contributed by atoms with Crippen molar-refractivity contribution in [2.45, 2.75) is 44.6 Å². The summed E-state index contributed by atoms with van der Waals surface area (Å²) in [5, 5.41) is 3.70. The maximum absolute atomic E-state index is 3.70. The van der Waals surface area contributed by atoms with Gasteiger partial charge in [0.05, 0.1) is 0 Å². The standard InChI is InChI=1S/C13H21N/c1-2-4-13(3-1)14-9-10-5-6-11-8-12(11)7-10/h1,3,10-14H,2,4-9H2. The molecule has 3 aliphatic rings. The quantitative estimate of drug-likeness (QED) is 0.676. The van der Waals surface area contributed by atoms with E-state index in [4.69, 9.17) is 0 Å². The highest BCUT2D eigenvalue weighted by Gasteiger charge is 2.41. The van der Waals surface area contributed by atoms with Gasteiger partial charge in [0.2, 0.25) is 0 Å². The third-order valence-corrected chi connectivity index (χ3v) is 4.33. The van der Waals surface area contributed by atoms with Crippen molar-refractivity contribution in [2.75, 3.05) is 6.54 Å². The van der Waals surface area contributed by atoms with E-state index in [9.17, 15) is 0 Å². The average Bonchev–Trinajstić information content (AvgIpc) is 2.79. The fraction of sp³-hybridized carbons (Fsp3) is 0.846. The molecule has 0 radical (unpaired) electrons. The summed E-state index contributed by atoms with van der Waals surface area (Å²) in [5.74, 6) is 3.28. The van der Waals surface area contributed by atoms with Crippen molar-refractivity contribution in [3.8, 4) is 0 Å². The number of hydrogen-bond acceptors (Lipinski definition) is 1. The van der Waals surface area contributed by atoms with E-state index in [1.54, 1.807) is 6.42 Å². The molecule has 3 aliphatic carbocycles. The van der Waals surface area contributed by atoms with Gasteiger partial charge in [-0.25, -0.2) is 0 Å². The molecule has 0 bridgehead atoms. The zero-order valence-electron chi connectivity index (χ0n) is 8.91. The first kappa shape index (κ1) is 8.96. The van der Waals surface area contributed by atoms with Crippen molar-refractivity contribution >= 4 is 0 Å². The van der Waals surface area contributed by atoms with Gasteiger partial charge in [-0.1, -0.05) is 12.2 Å². The van der Waals surface area contributed by atoms with Gasteiger partial charge in [0.15, 0.2) is 0 Å². The highest BCUT2D eigenvalue weighted by Crippen LogP contribution is 2.51. The first-order valence-electron chi connectivity index (χ1n) is 6.32. The SMILES string of the molecule is C1=CC(NCC2CCC3CC3C2)CC1. The number of allylic oxidation sites excluding steroid dienone is 1. The Hall–Kier alpha value is -0.300. The number of fused-ring (bicyclic) bond motifs is 1. The molecule has 0 saturated heterocycles. The van der Waals surface area contributed by atoms with Crippen LogP contribution in [0.5, 0.6) is 0 Å². The third-order valence-electron chi connectivity index (χ3n) is 4.33. The summed E-state index contributed by atoms with van der Waals surface area (Å²) in [4.78, 5) is 0. The van der Waals surface area contributed by atoms with Crippen LogP contribution in [0.15, 0.2) is 12.2 Å². The lowest BCUT2D eigenvalue weighted by molar-refractivity contribution is 0.322. The van der Waals surface area contributed by atoms with Crippen LogP contribution in [0.1, 0.15) is 38.5 Å². The Morgan fingerprint density at radius 1 is 1.07 bits per heavy atom. The van der Waals surface area contributed by atoms with E-state index < -0.39 is 0 Å². The van der Waals surface area contributed by atoms with Crippen molar-refractivity contribution in [3.63, 3.8) is 0 Å². The van der Waals surface area contributed by atoms with E-state index in [1.807, 2.05) is 0 Å². The predicted octanol–water partition coefficient (Wildman–Crippen LogP) is 2.73. The smallest absolute Gasteiger partial charge is 0.0253 e. The Kier molecular flexibility index (Phi) is 2.36. The maximum atomic E-state index is 3.70. The van der Waals surface area contributed by atoms with Crippen LogP contribution in [0.2, 0.25) is 0 Å². The summed E-state index contributed by atoms with van der Waals surface area (Å²) in [6, 6.07) is 0.701. The Morgan fingerprint density at radius 2 is 2.07 bits per heavy atom. The molecule has 2 saturated carbocycles.